The molecule has 0 bridgehead atoms. The van der Waals surface area contributed by atoms with E-state index in [2.05, 4.69) is 48.3 Å². The Morgan fingerprint density at radius 3 is 1.96 bits per heavy atom. The first kappa shape index (κ1) is 19.8. The van der Waals surface area contributed by atoms with Gasteiger partial charge in [-0.3, -0.25) is 9.69 Å². The molecule has 1 atom stereocenters. The van der Waals surface area contributed by atoms with Crippen molar-refractivity contribution in [1.29, 1.82) is 0 Å². The molecule has 28 heavy (non-hydrogen) atoms. The molecule has 3 aromatic rings. The van der Waals surface area contributed by atoms with Crippen LogP contribution in [0.5, 0.6) is 0 Å². The maximum Gasteiger partial charge on any atom is 0.246 e. The van der Waals surface area contributed by atoms with Crippen LogP contribution in [0.3, 0.4) is 0 Å². The Kier molecular flexibility index (Phi) is 6.62. The molecule has 0 saturated carbocycles. The smallest absolute Gasteiger partial charge is 0.246 e. The summed E-state index contributed by atoms with van der Waals surface area (Å²) in [6.07, 6.45) is 0. The van der Waals surface area contributed by atoms with Crippen molar-refractivity contribution >= 4 is 11.6 Å². The lowest BCUT2D eigenvalue weighted by Crippen LogP contribution is -2.34. The molecule has 0 heterocycles. The zero-order valence-corrected chi connectivity index (χ0v) is 16.8. The Bertz CT molecular complexity index is 873. The van der Waals surface area contributed by atoms with Gasteiger partial charge in [-0.25, -0.2) is 0 Å². The number of benzene rings is 3. The van der Waals surface area contributed by atoms with E-state index in [1.807, 2.05) is 67.7 Å². The average Bonchev–Trinajstić information content (AvgIpc) is 2.70. The van der Waals surface area contributed by atoms with Crippen molar-refractivity contribution in [2.24, 2.45) is 0 Å². The van der Waals surface area contributed by atoms with E-state index in [1.165, 1.54) is 11.1 Å². The van der Waals surface area contributed by atoms with Gasteiger partial charge in [-0.05, 0) is 41.8 Å². The molecule has 3 aromatic carbocycles. The van der Waals surface area contributed by atoms with Gasteiger partial charge in [-0.2, -0.15) is 0 Å². The van der Waals surface area contributed by atoms with Gasteiger partial charge in [0, 0.05) is 12.2 Å². The quantitative estimate of drug-likeness (QED) is 0.583. The topological polar surface area (TPSA) is 32.3 Å². The molecule has 0 radical (unpaired) electrons. The van der Waals surface area contributed by atoms with Crippen molar-refractivity contribution < 1.29 is 4.79 Å². The van der Waals surface area contributed by atoms with Gasteiger partial charge in [-0.1, -0.05) is 86.6 Å². The third kappa shape index (κ3) is 5.08. The minimum Gasteiger partial charge on any atom is -0.324 e. The maximum atomic E-state index is 13.2. The van der Waals surface area contributed by atoms with Crippen molar-refractivity contribution in [1.82, 2.24) is 4.90 Å². The third-order valence-electron chi connectivity index (χ3n) is 4.92. The number of carbonyl (C=O) groups excluding carboxylic acids is 1. The molecule has 3 heteroatoms. The van der Waals surface area contributed by atoms with Crippen molar-refractivity contribution in [3.63, 3.8) is 0 Å². The number of nitrogens with one attached hydrogen (secondary N) is 1. The highest BCUT2D eigenvalue weighted by molar-refractivity contribution is 5.95. The van der Waals surface area contributed by atoms with E-state index >= 15 is 0 Å². The lowest BCUT2D eigenvalue weighted by Gasteiger charge is -2.27. The van der Waals surface area contributed by atoms with Crippen LogP contribution in [-0.2, 0) is 11.3 Å². The van der Waals surface area contributed by atoms with Crippen molar-refractivity contribution in [2.45, 2.75) is 32.4 Å². The molecule has 0 saturated heterocycles. The number of amides is 1. The normalized spacial score (nSPS) is 12.2. The molecule has 0 fully saturated rings. The zero-order chi connectivity index (χ0) is 19.9. The fourth-order valence-corrected chi connectivity index (χ4v) is 3.37. The molecule has 0 spiro atoms. The van der Waals surface area contributed by atoms with E-state index in [4.69, 9.17) is 0 Å². The molecule has 0 unspecified atom stereocenters. The minimum atomic E-state index is -0.369. The summed E-state index contributed by atoms with van der Waals surface area (Å²) in [5.74, 6) is 0.445. The van der Waals surface area contributed by atoms with Crippen molar-refractivity contribution in [3.05, 3.63) is 102 Å². The average molecular weight is 373 g/mol. The number of nitrogens with zero attached hydrogens (tertiary/aromatic N) is 1. The summed E-state index contributed by atoms with van der Waals surface area (Å²) in [4.78, 5) is 15.3. The summed E-state index contributed by atoms with van der Waals surface area (Å²) in [5.41, 5.74) is 4.25. The molecule has 0 aliphatic carbocycles. The van der Waals surface area contributed by atoms with Crippen molar-refractivity contribution in [3.8, 4) is 0 Å². The van der Waals surface area contributed by atoms with Crippen LogP contribution in [0, 0.1) is 0 Å². The molecule has 0 aliphatic heterocycles. The zero-order valence-electron chi connectivity index (χ0n) is 16.8. The SMILES string of the molecule is CC(C)c1ccc(NC(=O)[C@H](c2ccccc2)N(C)Cc2ccccc2)cc1. The van der Waals surface area contributed by atoms with E-state index in [0.717, 1.165) is 11.3 Å². The molecule has 3 rings (SSSR count). The largest absolute Gasteiger partial charge is 0.324 e. The number of anilines is 1. The van der Waals surface area contributed by atoms with Crippen LogP contribution < -0.4 is 5.32 Å². The highest BCUT2D eigenvalue weighted by Gasteiger charge is 2.25. The number of hydrogen-bond acceptors (Lipinski definition) is 2. The van der Waals surface area contributed by atoms with Gasteiger partial charge in [0.15, 0.2) is 0 Å². The fraction of sp³-hybridized carbons (Fsp3) is 0.240. The first-order valence-corrected chi connectivity index (χ1v) is 9.74. The minimum absolute atomic E-state index is 0.0260. The van der Waals surface area contributed by atoms with Gasteiger partial charge in [-0.15, -0.1) is 0 Å². The molecule has 1 N–H and O–H groups in total. The van der Waals surface area contributed by atoms with Crippen LogP contribution in [0.4, 0.5) is 5.69 Å². The number of carbonyl (C=O) groups is 1. The molecule has 3 nitrogen and oxygen atoms in total. The Balaban J connectivity index is 1.80. The van der Waals surface area contributed by atoms with Crippen LogP contribution in [0.2, 0.25) is 0 Å². The summed E-state index contributed by atoms with van der Waals surface area (Å²) < 4.78 is 0. The predicted molar refractivity (Wildman–Crippen MR) is 116 cm³/mol. The molecule has 1 amide bonds. The summed E-state index contributed by atoms with van der Waals surface area (Å²) in [5, 5.41) is 3.09. The molecule has 0 aromatic heterocycles. The van der Waals surface area contributed by atoms with Crippen LogP contribution in [0.1, 0.15) is 42.5 Å². The highest BCUT2D eigenvalue weighted by Crippen LogP contribution is 2.24. The van der Waals surface area contributed by atoms with E-state index < -0.39 is 0 Å². The second kappa shape index (κ2) is 9.34. The third-order valence-corrected chi connectivity index (χ3v) is 4.92. The van der Waals surface area contributed by atoms with Gasteiger partial charge in [0.25, 0.3) is 0 Å². The van der Waals surface area contributed by atoms with Crippen LogP contribution in [0.15, 0.2) is 84.9 Å². The predicted octanol–water partition coefficient (Wildman–Crippen LogP) is 5.62. The van der Waals surface area contributed by atoms with E-state index in [1.54, 1.807) is 0 Å². The Hall–Kier alpha value is -2.91. The van der Waals surface area contributed by atoms with E-state index in [0.29, 0.717) is 12.5 Å². The van der Waals surface area contributed by atoms with Crippen LogP contribution in [-0.4, -0.2) is 17.9 Å². The van der Waals surface area contributed by atoms with E-state index in [9.17, 15) is 4.79 Å². The number of likely N-dealkylation sites (N-methyl/N-ethyl adjacent to an activating group) is 1. The van der Waals surface area contributed by atoms with Crippen molar-refractivity contribution in [2.75, 3.05) is 12.4 Å². The van der Waals surface area contributed by atoms with Gasteiger partial charge in [0.05, 0.1) is 0 Å². The standard InChI is InChI=1S/C25H28N2O/c1-19(2)21-14-16-23(17-15-21)26-25(28)24(22-12-8-5-9-13-22)27(3)18-20-10-6-4-7-11-20/h4-17,19,24H,18H2,1-3H3,(H,26,28)/t24-/m0/s1. The second-order valence-electron chi connectivity index (χ2n) is 7.48. The Morgan fingerprint density at radius 1 is 0.821 bits per heavy atom. The first-order valence-electron chi connectivity index (χ1n) is 9.74. The maximum absolute atomic E-state index is 13.2. The fourth-order valence-electron chi connectivity index (χ4n) is 3.37. The van der Waals surface area contributed by atoms with E-state index in [-0.39, 0.29) is 11.9 Å². The van der Waals surface area contributed by atoms with Gasteiger partial charge in [0.2, 0.25) is 5.91 Å². The lowest BCUT2D eigenvalue weighted by molar-refractivity contribution is -0.121. The Labute approximate surface area is 168 Å². The summed E-state index contributed by atoms with van der Waals surface area (Å²) in [7, 11) is 1.99. The van der Waals surface area contributed by atoms with Crippen LogP contribution in [0.25, 0.3) is 0 Å². The number of hydrogen-bond donors (Lipinski definition) is 1. The van der Waals surface area contributed by atoms with Crippen LogP contribution >= 0.6 is 0 Å². The summed E-state index contributed by atoms with van der Waals surface area (Å²) in [6.45, 7) is 5.02. The molecule has 0 aliphatic rings. The van der Waals surface area contributed by atoms with Gasteiger partial charge in [0.1, 0.15) is 6.04 Å². The summed E-state index contributed by atoms with van der Waals surface area (Å²) >= 11 is 0. The summed E-state index contributed by atoms with van der Waals surface area (Å²) in [6, 6.07) is 27.9. The highest BCUT2D eigenvalue weighted by atomic mass is 16.2. The molecular weight excluding hydrogens is 344 g/mol. The Morgan fingerprint density at radius 2 is 1.39 bits per heavy atom. The molecule has 144 valence electrons. The lowest BCUT2D eigenvalue weighted by atomic mass is 10.0. The monoisotopic (exact) mass is 372 g/mol. The van der Waals surface area contributed by atoms with Gasteiger partial charge >= 0.3 is 0 Å². The first-order chi connectivity index (χ1) is 13.5. The number of rotatable bonds is 7. The van der Waals surface area contributed by atoms with Gasteiger partial charge < -0.3 is 5.32 Å². The molecular formula is C25H28N2O. The second-order valence-corrected chi connectivity index (χ2v) is 7.48.